The van der Waals surface area contributed by atoms with Crippen LogP contribution in [-0.2, 0) is 4.79 Å². The van der Waals surface area contributed by atoms with Crippen molar-refractivity contribution in [3.63, 3.8) is 0 Å². The van der Waals surface area contributed by atoms with E-state index in [4.69, 9.17) is 11.6 Å². The Bertz CT molecular complexity index is 886. The average Bonchev–Trinajstić information content (AvgIpc) is 2.90. The number of rotatable bonds is 4. The Kier molecular flexibility index (Phi) is 4.44. The fourth-order valence-corrected chi connectivity index (χ4v) is 2.66. The van der Waals surface area contributed by atoms with Gasteiger partial charge in [0.1, 0.15) is 11.6 Å². The molecular weight excluding hydrogens is 346 g/mol. The third kappa shape index (κ3) is 3.77. The molecule has 3 rings (SSSR count). The van der Waals surface area contributed by atoms with Gasteiger partial charge in [-0.3, -0.25) is 4.79 Å². The number of thioether (sulfide) groups is 1. The van der Waals surface area contributed by atoms with Gasteiger partial charge in [-0.05, 0) is 18.2 Å². The lowest BCUT2D eigenvalue weighted by atomic mass is 10.3. The smallest absolute Gasteiger partial charge is 0.234 e. The SMILES string of the molecule is O=C(CSc1nc2ncc(Cl)cc2[nH]1)Nc1ccc(F)cc1F. The summed E-state index contributed by atoms with van der Waals surface area (Å²) in [6, 6.07) is 4.62. The van der Waals surface area contributed by atoms with Crippen molar-refractivity contribution in [1.82, 2.24) is 15.0 Å². The lowest BCUT2D eigenvalue weighted by Gasteiger charge is -2.05. The lowest BCUT2D eigenvalue weighted by molar-refractivity contribution is -0.113. The number of carbonyl (C=O) groups excluding carboxylic acids is 1. The summed E-state index contributed by atoms with van der Waals surface area (Å²) in [4.78, 5) is 23.0. The summed E-state index contributed by atoms with van der Waals surface area (Å²) in [6.07, 6.45) is 1.48. The predicted octanol–water partition coefficient (Wildman–Crippen LogP) is 3.62. The molecule has 1 amide bonds. The van der Waals surface area contributed by atoms with Crippen LogP contribution in [0.5, 0.6) is 0 Å². The molecule has 0 aliphatic rings. The number of fused-ring (bicyclic) bond motifs is 1. The van der Waals surface area contributed by atoms with E-state index in [0.29, 0.717) is 27.4 Å². The van der Waals surface area contributed by atoms with Crippen LogP contribution >= 0.6 is 23.4 Å². The van der Waals surface area contributed by atoms with Crippen LogP contribution in [0.2, 0.25) is 5.02 Å². The van der Waals surface area contributed by atoms with Gasteiger partial charge in [-0.1, -0.05) is 23.4 Å². The molecule has 0 radical (unpaired) electrons. The minimum Gasteiger partial charge on any atom is -0.331 e. The van der Waals surface area contributed by atoms with E-state index in [1.165, 1.54) is 12.3 Å². The highest BCUT2D eigenvalue weighted by molar-refractivity contribution is 7.99. The summed E-state index contributed by atoms with van der Waals surface area (Å²) >= 11 is 6.96. The second-order valence-corrected chi connectivity index (χ2v) is 5.93. The molecule has 9 heteroatoms. The molecule has 2 heterocycles. The van der Waals surface area contributed by atoms with E-state index in [1.807, 2.05) is 0 Å². The van der Waals surface area contributed by atoms with Crippen LogP contribution < -0.4 is 5.32 Å². The maximum Gasteiger partial charge on any atom is 0.234 e. The number of amides is 1. The average molecular weight is 355 g/mol. The lowest BCUT2D eigenvalue weighted by Crippen LogP contribution is -2.15. The molecule has 23 heavy (non-hydrogen) atoms. The first kappa shape index (κ1) is 15.7. The van der Waals surface area contributed by atoms with Gasteiger partial charge in [0.15, 0.2) is 10.8 Å². The van der Waals surface area contributed by atoms with Crippen LogP contribution in [-0.4, -0.2) is 26.6 Å². The number of benzene rings is 1. The molecule has 5 nitrogen and oxygen atoms in total. The number of hydrogen-bond acceptors (Lipinski definition) is 4. The first-order valence-electron chi connectivity index (χ1n) is 6.40. The number of halogens is 3. The number of anilines is 1. The second-order valence-electron chi connectivity index (χ2n) is 4.53. The molecule has 2 N–H and O–H groups in total. The van der Waals surface area contributed by atoms with Crippen LogP contribution in [0.4, 0.5) is 14.5 Å². The van der Waals surface area contributed by atoms with E-state index in [1.54, 1.807) is 6.07 Å². The number of aromatic amines is 1. The van der Waals surface area contributed by atoms with Crippen molar-refractivity contribution in [3.05, 3.63) is 47.1 Å². The first-order chi connectivity index (χ1) is 11.0. The summed E-state index contributed by atoms with van der Waals surface area (Å²) < 4.78 is 26.3. The summed E-state index contributed by atoms with van der Waals surface area (Å²) in [7, 11) is 0. The minimum absolute atomic E-state index is 0.00434. The molecule has 0 unspecified atom stereocenters. The molecule has 1 aromatic carbocycles. The van der Waals surface area contributed by atoms with Gasteiger partial charge in [0, 0.05) is 12.3 Å². The zero-order valence-electron chi connectivity index (χ0n) is 11.4. The van der Waals surface area contributed by atoms with E-state index in [9.17, 15) is 13.6 Å². The van der Waals surface area contributed by atoms with Crippen molar-refractivity contribution in [2.24, 2.45) is 0 Å². The third-order valence-electron chi connectivity index (χ3n) is 2.83. The molecule has 0 atom stereocenters. The Morgan fingerprint density at radius 1 is 1.35 bits per heavy atom. The van der Waals surface area contributed by atoms with Crippen LogP contribution in [0.3, 0.4) is 0 Å². The fraction of sp³-hybridized carbons (Fsp3) is 0.0714. The van der Waals surface area contributed by atoms with Crippen molar-refractivity contribution in [2.45, 2.75) is 5.16 Å². The molecule has 2 aromatic heterocycles. The number of nitrogens with one attached hydrogen (secondary N) is 2. The summed E-state index contributed by atoms with van der Waals surface area (Å²) in [5, 5.41) is 3.34. The fourth-order valence-electron chi connectivity index (χ4n) is 1.83. The normalized spacial score (nSPS) is 10.9. The number of hydrogen-bond donors (Lipinski definition) is 2. The molecule has 0 bridgehead atoms. The highest BCUT2D eigenvalue weighted by Gasteiger charge is 2.11. The molecule has 0 fully saturated rings. The maximum absolute atomic E-state index is 13.5. The maximum atomic E-state index is 13.5. The molecule has 118 valence electrons. The van der Waals surface area contributed by atoms with Crippen molar-refractivity contribution < 1.29 is 13.6 Å². The van der Waals surface area contributed by atoms with E-state index >= 15 is 0 Å². The second kappa shape index (κ2) is 6.51. The zero-order chi connectivity index (χ0) is 16.4. The zero-order valence-corrected chi connectivity index (χ0v) is 13.0. The monoisotopic (exact) mass is 354 g/mol. The largest absolute Gasteiger partial charge is 0.331 e. The van der Waals surface area contributed by atoms with Crippen molar-refractivity contribution in [1.29, 1.82) is 0 Å². The molecule has 3 aromatic rings. The van der Waals surface area contributed by atoms with Gasteiger partial charge < -0.3 is 10.3 Å². The number of H-pyrrole nitrogens is 1. The minimum atomic E-state index is -0.828. The highest BCUT2D eigenvalue weighted by Crippen LogP contribution is 2.21. The number of nitrogens with zero attached hydrogens (tertiary/aromatic N) is 2. The quantitative estimate of drug-likeness (QED) is 0.702. The van der Waals surface area contributed by atoms with E-state index in [2.05, 4.69) is 20.3 Å². The van der Waals surface area contributed by atoms with E-state index in [0.717, 1.165) is 17.8 Å². The molecule has 0 spiro atoms. The van der Waals surface area contributed by atoms with E-state index < -0.39 is 17.5 Å². The molecule has 0 saturated carbocycles. The van der Waals surface area contributed by atoms with Gasteiger partial charge in [-0.25, -0.2) is 18.7 Å². The Morgan fingerprint density at radius 2 is 2.17 bits per heavy atom. The highest BCUT2D eigenvalue weighted by atomic mass is 35.5. The van der Waals surface area contributed by atoms with Gasteiger partial charge >= 0.3 is 0 Å². The number of aromatic nitrogens is 3. The Hall–Kier alpha value is -2.19. The Morgan fingerprint density at radius 3 is 2.96 bits per heavy atom. The van der Waals surface area contributed by atoms with Crippen LogP contribution in [0.25, 0.3) is 11.2 Å². The predicted molar refractivity (Wildman–Crippen MR) is 84.6 cm³/mol. The van der Waals surface area contributed by atoms with Gasteiger partial charge in [-0.2, -0.15) is 0 Å². The first-order valence-corrected chi connectivity index (χ1v) is 7.76. The van der Waals surface area contributed by atoms with Crippen molar-refractivity contribution in [3.8, 4) is 0 Å². The topological polar surface area (TPSA) is 70.7 Å². The standard InChI is InChI=1S/C14H9ClF2N4OS/c15-7-3-11-13(18-5-7)21-14(20-11)23-6-12(22)19-10-2-1-8(16)4-9(10)17/h1-5H,6H2,(H,19,22)(H,18,20,21). The van der Waals surface area contributed by atoms with Crippen LogP contribution in [0, 0.1) is 11.6 Å². The van der Waals surface area contributed by atoms with Crippen molar-refractivity contribution in [2.75, 3.05) is 11.1 Å². The van der Waals surface area contributed by atoms with Crippen LogP contribution in [0.15, 0.2) is 35.6 Å². The summed E-state index contributed by atoms with van der Waals surface area (Å²) in [6.45, 7) is 0. The number of imidazole rings is 1. The number of carbonyl (C=O) groups is 1. The van der Waals surface area contributed by atoms with Gasteiger partial charge in [-0.15, -0.1) is 0 Å². The van der Waals surface area contributed by atoms with Gasteiger partial charge in [0.2, 0.25) is 5.91 Å². The third-order valence-corrected chi connectivity index (χ3v) is 3.91. The van der Waals surface area contributed by atoms with Gasteiger partial charge in [0.25, 0.3) is 0 Å². The summed E-state index contributed by atoms with van der Waals surface area (Å²) in [5.41, 5.74) is 1.07. The van der Waals surface area contributed by atoms with Gasteiger partial charge in [0.05, 0.1) is 22.0 Å². The molecule has 0 saturated heterocycles. The summed E-state index contributed by atoms with van der Waals surface area (Å²) in [5.74, 6) is -1.97. The Balaban J connectivity index is 1.63. The van der Waals surface area contributed by atoms with Crippen LogP contribution in [0.1, 0.15) is 0 Å². The molecule has 0 aliphatic heterocycles. The molecule has 0 aliphatic carbocycles. The van der Waals surface area contributed by atoms with E-state index in [-0.39, 0.29) is 11.4 Å². The molecular formula is C14H9ClF2N4OS. The van der Waals surface area contributed by atoms with Crippen molar-refractivity contribution >= 4 is 46.1 Å². The Labute approximate surface area is 138 Å². The number of pyridine rings is 1.